The summed E-state index contributed by atoms with van der Waals surface area (Å²) in [5.41, 5.74) is 0. The monoisotopic (exact) mass is 346 g/mol. The van der Waals surface area contributed by atoms with E-state index in [4.69, 9.17) is 0 Å². The number of carbonyl (C=O) groups is 2. The Labute approximate surface area is 145 Å². The van der Waals surface area contributed by atoms with Crippen LogP contribution in [0.2, 0.25) is 0 Å². The van der Waals surface area contributed by atoms with Gasteiger partial charge >= 0.3 is 6.03 Å². The third-order valence-corrected chi connectivity index (χ3v) is 4.54. The fourth-order valence-corrected chi connectivity index (χ4v) is 3.16. The molecule has 0 radical (unpaired) electrons. The van der Waals surface area contributed by atoms with Crippen LogP contribution in [0.1, 0.15) is 39.0 Å². The maximum atomic E-state index is 12.3. The van der Waals surface area contributed by atoms with Crippen LogP contribution in [0.5, 0.6) is 0 Å². The number of rotatable bonds is 6. The van der Waals surface area contributed by atoms with Crippen LogP contribution in [0, 0.1) is 5.92 Å². The molecule has 7 heteroatoms. The molecular weight excluding hydrogens is 316 g/mol. The topological polar surface area (TPSA) is 64.7 Å². The van der Waals surface area contributed by atoms with Gasteiger partial charge in [-0.1, -0.05) is 6.92 Å². The number of halogens is 1. The molecule has 134 valence electrons. The van der Waals surface area contributed by atoms with Gasteiger partial charge in [0, 0.05) is 45.2 Å². The molecule has 3 amide bonds. The molecule has 0 unspecified atom stereocenters. The van der Waals surface area contributed by atoms with E-state index < -0.39 is 0 Å². The maximum Gasteiger partial charge on any atom is 0.319 e. The van der Waals surface area contributed by atoms with E-state index in [1.54, 1.807) is 0 Å². The minimum atomic E-state index is 0. The summed E-state index contributed by atoms with van der Waals surface area (Å²) >= 11 is 0. The van der Waals surface area contributed by atoms with Crippen LogP contribution in [-0.4, -0.2) is 67.6 Å². The molecule has 2 fully saturated rings. The fraction of sp³-hybridized carbons (Fsp3) is 0.875. The second-order valence-electron chi connectivity index (χ2n) is 6.28. The van der Waals surface area contributed by atoms with E-state index in [0.717, 1.165) is 58.3 Å². The molecule has 0 bridgehead atoms. The lowest BCUT2D eigenvalue weighted by Crippen LogP contribution is -2.48. The van der Waals surface area contributed by atoms with Crippen molar-refractivity contribution in [2.75, 3.05) is 45.8 Å². The van der Waals surface area contributed by atoms with Gasteiger partial charge in [-0.25, -0.2) is 4.79 Å². The standard InChI is InChI=1S/C16H30N4O2.ClH/c1-2-7-17-8-9-18-15(21)14-5-12-20(13-6-14)16(22)19-10-3-4-11-19;/h14,17H,2-13H2,1H3,(H,18,21);1H. The van der Waals surface area contributed by atoms with Gasteiger partial charge in [0.1, 0.15) is 0 Å². The molecule has 0 atom stereocenters. The average Bonchev–Trinajstić information content (AvgIpc) is 3.08. The Morgan fingerprint density at radius 3 is 2.17 bits per heavy atom. The Morgan fingerprint density at radius 1 is 0.957 bits per heavy atom. The van der Waals surface area contributed by atoms with Crippen molar-refractivity contribution in [3.8, 4) is 0 Å². The van der Waals surface area contributed by atoms with E-state index in [-0.39, 0.29) is 30.3 Å². The molecule has 0 saturated carbocycles. The van der Waals surface area contributed by atoms with E-state index in [1.807, 2.05) is 9.80 Å². The Morgan fingerprint density at radius 2 is 1.57 bits per heavy atom. The van der Waals surface area contributed by atoms with Gasteiger partial charge in [0.15, 0.2) is 0 Å². The molecule has 2 heterocycles. The van der Waals surface area contributed by atoms with Crippen LogP contribution < -0.4 is 10.6 Å². The number of urea groups is 1. The molecule has 0 aromatic carbocycles. The molecule has 2 aliphatic rings. The third-order valence-electron chi connectivity index (χ3n) is 4.54. The number of amides is 3. The van der Waals surface area contributed by atoms with E-state index in [0.29, 0.717) is 19.6 Å². The highest BCUT2D eigenvalue weighted by Crippen LogP contribution is 2.20. The van der Waals surface area contributed by atoms with Gasteiger partial charge in [-0.15, -0.1) is 12.4 Å². The summed E-state index contributed by atoms with van der Waals surface area (Å²) in [5, 5.41) is 6.27. The lowest BCUT2D eigenvalue weighted by molar-refractivity contribution is -0.126. The van der Waals surface area contributed by atoms with Crippen molar-refractivity contribution in [1.82, 2.24) is 20.4 Å². The van der Waals surface area contributed by atoms with Crippen LogP contribution in [0.25, 0.3) is 0 Å². The number of nitrogens with zero attached hydrogens (tertiary/aromatic N) is 2. The van der Waals surface area contributed by atoms with E-state index in [9.17, 15) is 9.59 Å². The molecule has 6 nitrogen and oxygen atoms in total. The minimum absolute atomic E-state index is 0. The highest BCUT2D eigenvalue weighted by atomic mass is 35.5. The Kier molecular flexibility index (Phi) is 9.33. The highest BCUT2D eigenvalue weighted by Gasteiger charge is 2.30. The van der Waals surface area contributed by atoms with Crippen LogP contribution in [0.4, 0.5) is 4.79 Å². The smallest absolute Gasteiger partial charge is 0.319 e. The lowest BCUT2D eigenvalue weighted by atomic mass is 9.96. The molecule has 2 rings (SSSR count). The van der Waals surface area contributed by atoms with Crippen molar-refractivity contribution < 1.29 is 9.59 Å². The minimum Gasteiger partial charge on any atom is -0.355 e. The fourth-order valence-electron chi connectivity index (χ4n) is 3.16. The quantitative estimate of drug-likeness (QED) is 0.715. The predicted octanol–water partition coefficient (Wildman–Crippen LogP) is 1.45. The van der Waals surface area contributed by atoms with Gasteiger partial charge in [-0.05, 0) is 38.6 Å². The first-order chi connectivity index (χ1) is 10.7. The number of piperidine rings is 1. The van der Waals surface area contributed by atoms with Crippen LogP contribution in [-0.2, 0) is 4.79 Å². The van der Waals surface area contributed by atoms with Crippen LogP contribution in [0.3, 0.4) is 0 Å². The van der Waals surface area contributed by atoms with Crippen molar-refractivity contribution >= 4 is 24.3 Å². The first-order valence-corrected chi connectivity index (χ1v) is 8.74. The van der Waals surface area contributed by atoms with E-state index in [2.05, 4.69) is 17.6 Å². The van der Waals surface area contributed by atoms with Gasteiger partial charge in [-0.3, -0.25) is 4.79 Å². The van der Waals surface area contributed by atoms with E-state index in [1.165, 1.54) is 0 Å². The summed E-state index contributed by atoms with van der Waals surface area (Å²) in [6, 6.07) is 0.167. The average molecular weight is 347 g/mol. The first kappa shape index (κ1) is 20.0. The Hall–Kier alpha value is -1.01. The molecule has 2 saturated heterocycles. The lowest BCUT2D eigenvalue weighted by Gasteiger charge is -2.34. The summed E-state index contributed by atoms with van der Waals surface area (Å²) in [7, 11) is 0. The molecule has 0 spiro atoms. The summed E-state index contributed by atoms with van der Waals surface area (Å²) in [6.07, 6.45) is 4.92. The zero-order chi connectivity index (χ0) is 15.8. The van der Waals surface area contributed by atoms with E-state index >= 15 is 0 Å². The number of carbonyl (C=O) groups excluding carboxylic acids is 2. The normalized spacial score (nSPS) is 18.7. The van der Waals surface area contributed by atoms with Gasteiger partial charge in [0.25, 0.3) is 0 Å². The Bertz CT molecular complexity index is 367. The summed E-state index contributed by atoms with van der Waals surface area (Å²) in [6.45, 7) is 7.84. The van der Waals surface area contributed by atoms with Gasteiger partial charge in [0.2, 0.25) is 5.91 Å². The highest BCUT2D eigenvalue weighted by molar-refractivity contribution is 5.85. The zero-order valence-electron chi connectivity index (χ0n) is 14.2. The molecule has 0 aromatic rings. The van der Waals surface area contributed by atoms with Crippen molar-refractivity contribution in [3.63, 3.8) is 0 Å². The summed E-state index contributed by atoms with van der Waals surface area (Å²) in [5.74, 6) is 0.209. The zero-order valence-corrected chi connectivity index (χ0v) is 15.0. The van der Waals surface area contributed by atoms with Gasteiger partial charge in [-0.2, -0.15) is 0 Å². The van der Waals surface area contributed by atoms with Crippen molar-refractivity contribution in [2.45, 2.75) is 39.0 Å². The second-order valence-corrected chi connectivity index (χ2v) is 6.28. The predicted molar refractivity (Wildman–Crippen MR) is 93.9 cm³/mol. The van der Waals surface area contributed by atoms with Crippen LogP contribution >= 0.6 is 12.4 Å². The summed E-state index contributed by atoms with van der Waals surface area (Å²) < 4.78 is 0. The molecular formula is C16H31ClN4O2. The third kappa shape index (κ3) is 6.18. The van der Waals surface area contributed by atoms with Crippen molar-refractivity contribution in [1.29, 1.82) is 0 Å². The second kappa shape index (κ2) is 10.7. The molecule has 23 heavy (non-hydrogen) atoms. The number of hydrogen-bond donors (Lipinski definition) is 2. The van der Waals surface area contributed by atoms with Crippen molar-refractivity contribution in [3.05, 3.63) is 0 Å². The molecule has 2 N–H and O–H groups in total. The Balaban J connectivity index is 0.00000264. The van der Waals surface area contributed by atoms with Gasteiger partial charge in [0.05, 0.1) is 0 Å². The van der Waals surface area contributed by atoms with Crippen LogP contribution in [0.15, 0.2) is 0 Å². The summed E-state index contributed by atoms with van der Waals surface area (Å²) in [4.78, 5) is 28.3. The molecule has 0 aliphatic carbocycles. The van der Waals surface area contributed by atoms with Gasteiger partial charge < -0.3 is 20.4 Å². The first-order valence-electron chi connectivity index (χ1n) is 8.74. The number of hydrogen-bond acceptors (Lipinski definition) is 3. The SMILES string of the molecule is CCCNCCNC(=O)C1CCN(C(=O)N2CCCC2)CC1.Cl. The molecule has 2 aliphatic heterocycles. The van der Waals surface area contributed by atoms with Crippen molar-refractivity contribution in [2.24, 2.45) is 5.92 Å². The molecule has 0 aromatic heterocycles. The largest absolute Gasteiger partial charge is 0.355 e. The number of likely N-dealkylation sites (tertiary alicyclic amines) is 2. The number of nitrogens with one attached hydrogen (secondary N) is 2. The maximum absolute atomic E-state index is 12.3.